The maximum atomic E-state index is 5.15. The molecule has 2 nitrogen and oxygen atoms in total. The Morgan fingerprint density at radius 2 is 0.426 bits per heavy atom. The SMILES string of the molecule is c1ccc(-c2cc(-c3ccc([Si](c4ccccc4)(c4ccccc4)c4ccc(-c5cc(-c6ccccc6)nc(-c6ccccc6)c5)cc4)cc3)cc(-c3ccccc3)n2)cc1. The monoisotopic (exact) mass is 794 g/mol. The zero-order valence-corrected chi connectivity index (χ0v) is 34.6. The Hall–Kier alpha value is -7.72. The molecule has 0 atom stereocenters. The topological polar surface area (TPSA) is 25.8 Å². The number of pyridine rings is 2. The molecule has 0 aliphatic rings. The highest BCUT2D eigenvalue weighted by Crippen LogP contribution is 2.32. The van der Waals surface area contributed by atoms with E-state index >= 15 is 0 Å². The summed E-state index contributed by atoms with van der Waals surface area (Å²) in [5.41, 5.74) is 12.8. The van der Waals surface area contributed by atoms with Gasteiger partial charge in [-0.3, -0.25) is 0 Å². The molecule has 0 unspecified atom stereocenters. The molecule has 2 aromatic heterocycles. The third-order valence-corrected chi connectivity index (χ3v) is 16.4. The maximum absolute atomic E-state index is 5.15. The smallest absolute Gasteiger partial charge is 0.179 e. The van der Waals surface area contributed by atoms with Crippen molar-refractivity contribution in [1.29, 1.82) is 0 Å². The van der Waals surface area contributed by atoms with Crippen LogP contribution in [0.5, 0.6) is 0 Å². The fourth-order valence-corrected chi connectivity index (χ4v) is 13.3. The first kappa shape index (κ1) is 37.5. The van der Waals surface area contributed by atoms with Gasteiger partial charge in [0, 0.05) is 22.3 Å². The summed E-state index contributed by atoms with van der Waals surface area (Å²) >= 11 is 0. The summed E-state index contributed by atoms with van der Waals surface area (Å²) < 4.78 is 0. The fraction of sp³-hybridized carbons (Fsp3) is 0. The third kappa shape index (κ3) is 7.55. The Labute approximate surface area is 359 Å². The Balaban J connectivity index is 1.11. The molecule has 0 N–H and O–H groups in total. The van der Waals surface area contributed by atoms with Crippen molar-refractivity contribution in [3.63, 3.8) is 0 Å². The Morgan fingerprint density at radius 3 is 0.689 bits per heavy atom. The van der Waals surface area contributed by atoms with E-state index in [2.05, 4.69) is 255 Å². The van der Waals surface area contributed by atoms with Gasteiger partial charge in [-0.1, -0.05) is 231 Å². The maximum Gasteiger partial charge on any atom is 0.179 e. The van der Waals surface area contributed by atoms with E-state index < -0.39 is 8.07 Å². The number of rotatable bonds is 10. The van der Waals surface area contributed by atoms with Gasteiger partial charge in [0.2, 0.25) is 0 Å². The van der Waals surface area contributed by atoms with Crippen molar-refractivity contribution in [3.05, 3.63) is 255 Å². The molecule has 288 valence electrons. The molecule has 0 saturated carbocycles. The normalized spacial score (nSPS) is 11.3. The molecule has 0 radical (unpaired) electrons. The summed E-state index contributed by atoms with van der Waals surface area (Å²) in [4.78, 5) is 10.3. The second-order valence-corrected chi connectivity index (χ2v) is 19.2. The van der Waals surface area contributed by atoms with Crippen LogP contribution in [-0.2, 0) is 0 Å². The molecule has 0 saturated heterocycles. The van der Waals surface area contributed by atoms with Crippen molar-refractivity contribution in [1.82, 2.24) is 9.97 Å². The summed E-state index contributed by atoms with van der Waals surface area (Å²) in [6.45, 7) is 0. The van der Waals surface area contributed by atoms with Crippen LogP contribution in [0.1, 0.15) is 0 Å². The quantitative estimate of drug-likeness (QED) is 0.102. The highest BCUT2D eigenvalue weighted by molar-refractivity contribution is 7.19. The summed E-state index contributed by atoms with van der Waals surface area (Å²) in [6, 6.07) is 91.8. The molecule has 0 aliphatic heterocycles. The standard InChI is InChI=1S/C58H42N2Si/c1-7-19-45(20-8-1)55-39-49(40-56(59-55)46-21-9-2-10-22-46)43-31-35-53(36-32-43)61(51-27-15-5-16-28-51,52-29-17-6-18-30-52)54-37-33-44(34-38-54)50-41-57(47-23-11-3-12-24-47)60-58(42-50)48-25-13-4-14-26-48/h1-42H. The average Bonchev–Trinajstić information content (AvgIpc) is 3.36. The van der Waals surface area contributed by atoms with Crippen LogP contribution >= 0.6 is 0 Å². The van der Waals surface area contributed by atoms with Crippen LogP contribution in [0.3, 0.4) is 0 Å². The molecule has 10 rings (SSSR count). The van der Waals surface area contributed by atoms with Gasteiger partial charge in [0.25, 0.3) is 0 Å². The fourth-order valence-electron chi connectivity index (χ4n) is 8.62. The van der Waals surface area contributed by atoms with Crippen molar-refractivity contribution in [2.45, 2.75) is 0 Å². The van der Waals surface area contributed by atoms with Crippen LogP contribution in [0.4, 0.5) is 0 Å². The van der Waals surface area contributed by atoms with Crippen molar-refractivity contribution >= 4 is 28.8 Å². The third-order valence-electron chi connectivity index (χ3n) is 11.6. The molecular weight excluding hydrogens is 753 g/mol. The van der Waals surface area contributed by atoms with Crippen molar-refractivity contribution in [2.24, 2.45) is 0 Å². The van der Waals surface area contributed by atoms with Gasteiger partial charge < -0.3 is 0 Å². The average molecular weight is 795 g/mol. The van der Waals surface area contributed by atoms with E-state index in [1.807, 2.05) is 0 Å². The minimum Gasteiger partial charge on any atom is -0.248 e. The van der Waals surface area contributed by atoms with Gasteiger partial charge in [0.05, 0.1) is 22.8 Å². The Morgan fingerprint density at radius 1 is 0.197 bits per heavy atom. The predicted molar refractivity (Wildman–Crippen MR) is 258 cm³/mol. The van der Waals surface area contributed by atoms with Crippen molar-refractivity contribution < 1.29 is 0 Å². The van der Waals surface area contributed by atoms with Crippen molar-refractivity contribution in [3.8, 4) is 67.3 Å². The lowest BCUT2D eigenvalue weighted by Crippen LogP contribution is -2.74. The highest BCUT2D eigenvalue weighted by atomic mass is 28.3. The molecule has 3 heteroatoms. The second-order valence-electron chi connectivity index (χ2n) is 15.4. The first-order chi connectivity index (χ1) is 30.2. The van der Waals surface area contributed by atoms with Gasteiger partial charge in [0.15, 0.2) is 8.07 Å². The first-order valence-corrected chi connectivity index (χ1v) is 22.8. The van der Waals surface area contributed by atoms with Gasteiger partial charge in [-0.25, -0.2) is 9.97 Å². The molecule has 8 aromatic carbocycles. The Kier molecular flexibility index (Phi) is 10.4. The lowest BCUT2D eigenvalue weighted by Gasteiger charge is -2.34. The molecular formula is C58H42N2Si. The first-order valence-electron chi connectivity index (χ1n) is 20.8. The van der Waals surface area contributed by atoms with Crippen LogP contribution in [-0.4, -0.2) is 18.0 Å². The molecule has 0 bridgehead atoms. The second kappa shape index (κ2) is 16.9. The van der Waals surface area contributed by atoms with E-state index in [9.17, 15) is 0 Å². The van der Waals surface area contributed by atoms with Crippen LogP contribution in [0.2, 0.25) is 0 Å². The van der Waals surface area contributed by atoms with E-state index in [0.29, 0.717) is 0 Å². The number of benzene rings is 8. The van der Waals surface area contributed by atoms with Crippen LogP contribution in [0, 0.1) is 0 Å². The molecule has 61 heavy (non-hydrogen) atoms. The number of aromatic nitrogens is 2. The van der Waals surface area contributed by atoms with Crippen LogP contribution in [0.25, 0.3) is 67.3 Å². The van der Waals surface area contributed by atoms with E-state index in [1.54, 1.807) is 0 Å². The number of hydrogen-bond acceptors (Lipinski definition) is 2. The minimum absolute atomic E-state index is 0.958. The summed E-state index contributed by atoms with van der Waals surface area (Å²) in [7, 11) is -2.83. The van der Waals surface area contributed by atoms with E-state index in [1.165, 1.54) is 20.7 Å². The molecule has 0 fully saturated rings. The van der Waals surface area contributed by atoms with Gasteiger partial charge in [-0.05, 0) is 67.3 Å². The van der Waals surface area contributed by atoms with E-state index in [4.69, 9.17) is 9.97 Å². The summed E-state index contributed by atoms with van der Waals surface area (Å²) in [6.07, 6.45) is 0. The molecule has 0 spiro atoms. The number of hydrogen-bond donors (Lipinski definition) is 0. The number of nitrogens with zero attached hydrogens (tertiary/aromatic N) is 2. The van der Waals surface area contributed by atoms with Crippen molar-refractivity contribution in [2.75, 3.05) is 0 Å². The largest absolute Gasteiger partial charge is 0.248 e. The van der Waals surface area contributed by atoms with E-state index in [-0.39, 0.29) is 0 Å². The molecule has 0 aliphatic carbocycles. The van der Waals surface area contributed by atoms with Gasteiger partial charge >= 0.3 is 0 Å². The van der Waals surface area contributed by atoms with E-state index in [0.717, 1.165) is 67.3 Å². The van der Waals surface area contributed by atoms with Crippen LogP contribution < -0.4 is 20.7 Å². The highest BCUT2D eigenvalue weighted by Gasteiger charge is 2.41. The zero-order valence-electron chi connectivity index (χ0n) is 33.6. The van der Waals surface area contributed by atoms with Gasteiger partial charge in [0.1, 0.15) is 0 Å². The zero-order chi connectivity index (χ0) is 40.9. The summed E-state index contributed by atoms with van der Waals surface area (Å²) in [5, 5.41) is 5.32. The summed E-state index contributed by atoms with van der Waals surface area (Å²) in [5.74, 6) is 0. The lowest BCUT2D eigenvalue weighted by molar-refractivity contribution is 1.32. The minimum atomic E-state index is -2.83. The predicted octanol–water partition coefficient (Wildman–Crippen LogP) is 11.9. The van der Waals surface area contributed by atoms with Gasteiger partial charge in [-0.2, -0.15) is 0 Å². The van der Waals surface area contributed by atoms with Gasteiger partial charge in [-0.15, -0.1) is 0 Å². The Bertz CT molecular complexity index is 2680. The molecule has 2 heterocycles. The lowest BCUT2D eigenvalue weighted by atomic mass is 10.00. The van der Waals surface area contributed by atoms with Crippen LogP contribution in [0.15, 0.2) is 255 Å². The molecule has 10 aromatic rings. The molecule has 0 amide bonds.